The fourth-order valence-electron chi connectivity index (χ4n) is 1.03. The van der Waals surface area contributed by atoms with E-state index in [1.165, 1.54) is 0 Å². The fourth-order valence-corrected chi connectivity index (χ4v) is 1.46. The lowest BCUT2D eigenvalue weighted by Gasteiger charge is -2.11. The number of methoxy groups -OCH3 is 1. The van der Waals surface area contributed by atoms with Gasteiger partial charge in [0.1, 0.15) is 0 Å². The minimum atomic E-state index is -0.420. The van der Waals surface area contributed by atoms with Gasteiger partial charge < -0.3 is 19.9 Å². The SMILES string of the molecule is COCCOCC(O)CNCCCSC. The number of aliphatic hydroxyl groups excluding tert-OH is 1. The van der Waals surface area contributed by atoms with Gasteiger partial charge in [-0.15, -0.1) is 0 Å². The number of rotatable bonds is 11. The maximum Gasteiger partial charge on any atom is 0.0897 e. The van der Waals surface area contributed by atoms with Crippen LogP contribution >= 0.6 is 11.8 Å². The third kappa shape index (κ3) is 12.1. The van der Waals surface area contributed by atoms with Gasteiger partial charge in [-0.05, 0) is 25.0 Å². The molecular formula is C10H23NO3S. The molecule has 4 nitrogen and oxygen atoms in total. The molecule has 0 bridgehead atoms. The predicted molar refractivity (Wildman–Crippen MR) is 64.6 cm³/mol. The van der Waals surface area contributed by atoms with Gasteiger partial charge in [-0.25, -0.2) is 0 Å². The van der Waals surface area contributed by atoms with E-state index >= 15 is 0 Å². The minimum absolute atomic E-state index is 0.374. The highest BCUT2D eigenvalue weighted by Gasteiger charge is 2.02. The molecule has 0 radical (unpaired) electrons. The quantitative estimate of drug-likeness (QED) is 0.508. The summed E-state index contributed by atoms with van der Waals surface area (Å²) in [7, 11) is 1.63. The second kappa shape index (κ2) is 12.3. The Labute approximate surface area is 96.7 Å². The molecule has 0 aliphatic heterocycles. The highest BCUT2D eigenvalue weighted by atomic mass is 32.2. The molecule has 0 fully saturated rings. The van der Waals surface area contributed by atoms with Gasteiger partial charge in [0.2, 0.25) is 0 Å². The van der Waals surface area contributed by atoms with Gasteiger partial charge in [-0.1, -0.05) is 0 Å². The summed E-state index contributed by atoms with van der Waals surface area (Å²) in [6, 6.07) is 0. The molecule has 1 atom stereocenters. The van der Waals surface area contributed by atoms with Crippen molar-refractivity contribution >= 4 is 11.8 Å². The Morgan fingerprint density at radius 2 is 2.20 bits per heavy atom. The average molecular weight is 237 g/mol. The molecule has 5 heteroatoms. The van der Waals surface area contributed by atoms with Crippen molar-refractivity contribution in [2.45, 2.75) is 12.5 Å². The molecule has 1 unspecified atom stereocenters. The van der Waals surface area contributed by atoms with Crippen LogP contribution < -0.4 is 5.32 Å². The number of hydrogen-bond donors (Lipinski definition) is 2. The maximum atomic E-state index is 9.47. The highest BCUT2D eigenvalue weighted by molar-refractivity contribution is 7.98. The summed E-state index contributed by atoms with van der Waals surface area (Å²) >= 11 is 1.84. The van der Waals surface area contributed by atoms with Crippen LogP contribution in [-0.4, -0.2) is 63.2 Å². The lowest BCUT2D eigenvalue weighted by molar-refractivity contribution is 0.0139. The molecular weight excluding hydrogens is 214 g/mol. The van der Waals surface area contributed by atoms with E-state index in [2.05, 4.69) is 11.6 Å². The first-order chi connectivity index (χ1) is 7.31. The van der Waals surface area contributed by atoms with Crippen molar-refractivity contribution in [3.8, 4) is 0 Å². The first-order valence-corrected chi connectivity index (χ1v) is 6.65. The molecule has 0 aromatic heterocycles. The zero-order valence-corrected chi connectivity index (χ0v) is 10.5. The summed E-state index contributed by atoms with van der Waals surface area (Å²) in [5, 5.41) is 12.7. The molecule has 0 aliphatic carbocycles. The van der Waals surface area contributed by atoms with E-state index in [0.717, 1.165) is 18.7 Å². The third-order valence-electron chi connectivity index (χ3n) is 1.82. The second-order valence-electron chi connectivity index (χ2n) is 3.27. The van der Waals surface area contributed by atoms with E-state index in [0.29, 0.717) is 26.4 Å². The Kier molecular flexibility index (Phi) is 12.4. The molecule has 15 heavy (non-hydrogen) atoms. The van der Waals surface area contributed by atoms with Crippen LogP contribution in [0.4, 0.5) is 0 Å². The Bertz CT molecular complexity index is 127. The lowest BCUT2D eigenvalue weighted by Crippen LogP contribution is -2.31. The van der Waals surface area contributed by atoms with Crippen LogP contribution in [0.15, 0.2) is 0 Å². The van der Waals surface area contributed by atoms with Crippen LogP contribution in [0.2, 0.25) is 0 Å². The second-order valence-corrected chi connectivity index (χ2v) is 4.26. The Morgan fingerprint density at radius 1 is 1.40 bits per heavy atom. The summed E-state index contributed by atoms with van der Waals surface area (Å²) in [6.07, 6.45) is 2.81. The first kappa shape index (κ1) is 15.2. The van der Waals surface area contributed by atoms with E-state index in [1.54, 1.807) is 7.11 Å². The monoisotopic (exact) mass is 237 g/mol. The van der Waals surface area contributed by atoms with Crippen molar-refractivity contribution in [2.75, 3.05) is 52.0 Å². The summed E-state index contributed by atoms with van der Waals surface area (Å²) in [5.41, 5.74) is 0. The van der Waals surface area contributed by atoms with Gasteiger partial charge in [0.25, 0.3) is 0 Å². The highest BCUT2D eigenvalue weighted by Crippen LogP contribution is 1.93. The Balaban J connectivity index is 3.08. The standard InChI is InChI=1S/C10H23NO3S/c1-13-5-6-14-9-10(12)8-11-4-3-7-15-2/h10-12H,3-9H2,1-2H3. The maximum absolute atomic E-state index is 9.47. The third-order valence-corrected chi connectivity index (χ3v) is 2.52. The van der Waals surface area contributed by atoms with E-state index in [9.17, 15) is 5.11 Å². The molecule has 2 N–H and O–H groups in total. The summed E-state index contributed by atoms with van der Waals surface area (Å²) < 4.78 is 10.0. The van der Waals surface area contributed by atoms with Crippen molar-refractivity contribution in [2.24, 2.45) is 0 Å². The van der Waals surface area contributed by atoms with Crippen LogP contribution in [0.25, 0.3) is 0 Å². The van der Waals surface area contributed by atoms with Crippen molar-refractivity contribution in [3.63, 3.8) is 0 Å². The van der Waals surface area contributed by atoms with Crippen molar-refractivity contribution in [1.29, 1.82) is 0 Å². The van der Waals surface area contributed by atoms with Crippen LogP contribution in [0.3, 0.4) is 0 Å². The summed E-state index contributed by atoms with van der Waals surface area (Å²) in [6.45, 7) is 3.05. The number of thioether (sulfide) groups is 1. The van der Waals surface area contributed by atoms with Gasteiger partial charge in [0.05, 0.1) is 25.9 Å². The van der Waals surface area contributed by atoms with Crippen molar-refractivity contribution in [3.05, 3.63) is 0 Å². The van der Waals surface area contributed by atoms with Crippen LogP contribution in [-0.2, 0) is 9.47 Å². The normalized spacial score (nSPS) is 13.0. The average Bonchev–Trinajstić information content (AvgIpc) is 2.24. The van der Waals surface area contributed by atoms with E-state index < -0.39 is 6.10 Å². The molecule has 0 aromatic carbocycles. The summed E-state index contributed by atoms with van der Waals surface area (Å²) in [4.78, 5) is 0. The van der Waals surface area contributed by atoms with E-state index in [4.69, 9.17) is 9.47 Å². The van der Waals surface area contributed by atoms with Gasteiger partial charge in [-0.2, -0.15) is 11.8 Å². The molecule has 92 valence electrons. The number of aliphatic hydroxyl groups is 1. The van der Waals surface area contributed by atoms with Gasteiger partial charge >= 0.3 is 0 Å². The number of hydrogen-bond acceptors (Lipinski definition) is 5. The Morgan fingerprint density at radius 3 is 2.87 bits per heavy atom. The molecule has 0 rings (SSSR count). The molecule has 0 aliphatic rings. The largest absolute Gasteiger partial charge is 0.389 e. The molecule has 0 spiro atoms. The zero-order chi connectivity index (χ0) is 11.4. The zero-order valence-electron chi connectivity index (χ0n) is 9.70. The minimum Gasteiger partial charge on any atom is -0.389 e. The Hall–Kier alpha value is 0.190. The number of ether oxygens (including phenoxy) is 2. The van der Waals surface area contributed by atoms with E-state index in [-0.39, 0.29) is 0 Å². The smallest absolute Gasteiger partial charge is 0.0897 e. The molecule has 0 heterocycles. The van der Waals surface area contributed by atoms with Crippen LogP contribution in [0, 0.1) is 0 Å². The fraction of sp³-hybridized carbons (Fsp3) is 1.00. The molecule has 0 amide bonds. The van der Waals surface area contributed by atoms with Gasteiger partial charge in [-0.3, -0.25) is 0 Å². The van der Waals surface area contributed by atoms with Gasteiger partial charge in [0, 0.05) is 13.7 Å². The first-order valence-electron chi connectivity index (χ1n) is 5.25. The van der Waals surface area contributed by atoms with Crippen LogP contribution in [0.5, 0.6) is 0 Å². The number of nitrogens with one attached hydrogen (secondary N) is 1. The van der Waals surface area contributed by atoms with Crippen LogP contribution in [0.1, 0.15) is 6.42 Å². The summed E-state index contributed by atoms with van der Waals surface area (Å²) in [5.74, 6) is 1.16. The molecule has 0 saturated carbocycles. The lowest BCUT2D eigenvalue weighted by atomic mass is 10.3. The van der Waals surface area contributed by atoms with Crippen molar-refractivity contribution in [1.82, 2.24) is 5.32 Å². The predicted octanol–water partition coefficient (Wildman–Crippen LogP) is 0.353. The van der Waals surface area contributed by atoms with E-state index in [1.807, 2.05) is 11.8 Å². The van der Waals surface area contributed by atoms with Crippen molar-refractivity contribution < 1.29 is 14.6 Å². The van der Waals surface area contributed by atoms with Gasteiger partial charge in [0.15, 0.2) is 0 Å². The topological polar surface area (TPSA) is 50.7 Å². The molecule has 0 aromatic rings. The molecule has 0 saturated heterocycles.